The molecular weight excluding hydrogens is 375 g/mol. The first-order chi connectivity index (χ1) is 9.84. The van der Waals surface area contributed by atoms with Gasteiger partial charge in [-0.25, -0.2) is 0 Å². The van der Waals surface area contributed by atoms with Gasteiger partial charge in [0.15, 0.2) is 5.96 Å². The number of halogens is 1. The van der Waals surface area contributed by atoms with Crippen LogP contribution < -0.4 is 11.1 Å². The van der Waals surface area contributed by atoms with E-state index in [-0.39, 0.29) is 24.0 Å². The first kappa shape index (κ1) is 18.2. The highest BCUT2D eigenvalue weighted by Gasteiger charge is 2.08. The third-order valence-electron chi connectivity index (χ3n) is 3.71. The molecule has 0 bridgehead atoms. The molecule has 0 unspecified atom stereocenters. The van der Waals surface area contributed by atoms with Gasteiger partial charge in [-0.05, 0) is 37.9 Å². The number of nitrogens with one attached hydrogen (secondary N) is 1. The number of piperidine rings is 1. The van der Waals surface area contributed by atoms with Crippen molar-refractivity contribution in [1.82, 2.24) is 10.2 Å². The fourth-order valence-corrected chi connectivity index (χ4v) is 2.53. The Labute approximate surface area is 145 Å². The van der Waals surface area contributed by atoms with Crippen LogP contribution in [0.1, 0.15) is 24.8 Å². The summed E-state index contributed by atoms with van der Waals surface area (Å²) in [6.45, 7) is 5.10. The maximum absolute atomic E-state index is 5.87. The summed E-state index contributed by atoms with van der Waals surface area (Å²) in [5.74, 6) is 0.568. The molecule has 118 valence electrons. The Hall–Kier alpha value is -0.820. The molecule has 2 rings (SSSR count). The van der Waals surface area contributed by atoms with Crippen molar-refractivity contribution in [2.45, 2.75) is 25.7 Å². The molecule has 1 saturated heterocycles. The maximum atomic E-state index is 5.87. The molecule has 1 aliphatic rings. The molecule has 1 aromatic rings. The molecule has 0 saturated carbocycles. The molecule has 3 N–H and O–H groups in total. The molecule has 0 spiro atoms. The highest BCUT2D eigenvalue weighted by atomic mass is 127. The van der Waals surface area contributed by atoms with Gasteiger partial charge < -0.3 is 16.0 Å². The van der Waals surface area contributed by atoms with Gasteiger partial charge in [-0.15, -0.1) is 24.0 Å². The van der Waals surface area contributed by atoms with Crippen molar-refractivity contribution in [1.29, 1.82) is 0 Å². The van der Waals surface area contributed by atoms with Crippen LogP contribution in [0.2, 0.25) is 0 Å². The van der Waals surface area contributed by atoms with Gasteiger partial charge in [-0.1, -0.05) is 36.8 Å². The molecule has 4 nitrogen and oxygen atoms in total. The van der Waals surface area contributed by atoms with Crippen LogP contribution in [-0.2, 0) is 6.42 Å². The van der Waals surface area contributed by atoms with Crippen molar-refractivity contribution in [2.24, 2.45) is 10.7 Å². The number of nitrogens with two attached hydrogens (primary N) is 1. The Morgan fingerprint density at radius 3 is 2.57 bits per heavy atom. The summed E-state index contributed by atoms with van der Waals surface area (Å²) in [7, 11) is 0. The van der Waals surface area contributed by atoms with Crippen molar-refractivity contribution >= 4 is 29.9 Å². The summed E-state index contributed by atoms with van der Waals surface area (Å²) in [5, 5.41) is 3.18. The second-order valence-electron chi connectivity index (χ2n) is 5.33. The fourth-order valence-electron chi connectivity index (χ4n) is 2.53. The minimum Gasteiger partial charge on any atom is -0.370 e. The lowest BCUT2D eigenvalue weighted by Gasteiger charge is -2.25. The quantitative estimate of drug-likeness (QED) is 0.436. The predicted octanol–water partition coefficient (Wildman–Crippen LogP) is 2.24. The lowest BCUT2D eigenvalue weighted by molar-refractivity contribution is 0.235. The number of guanidine groups is 1. The smallest absolute Gasteiger partial charge is 0.188 e. The lowest BCUT2D eigenvalue weighted by Crippen LogP contribution is -2.35. The van der Waals surface area contributed by atoms with Gasteiger partial charge in [-0.3, -0.25) is 4.99 Å². The number of rotatable bonds is 6. The van der Waals surface area contributed by atoms with Crippen LogP contribution in [0.25, 0.3) is 0 Å². The van der Waals surface area contributed by atoms with Crippen molar-refractivity contribution in [3.05, 3.63) is 35.9 Å². The van der Waals surface area contributed by atoms with E-state index < -0.39 is 0 Å². The van der Waals surface area contributed by atoms with E-state index in [0.717, 1.165) is 26.1 Å². The topological polar surface area (TPSA) is 53.6 Å². The van der Waals surface area contributed by atoms with Crippen LogP contribution in [0.3, 0.4) is 0 Å². The molecule has 5 heteroatoms. The van der Waals surface area contributed by atoms with E-state index in [0.29, 0.717) is 5.96 Å². The highest BCUT2D eigenvalue weighted by Crippen LogP contribution is 2.07. The van der Waals surface area contributed by atoms with E-state index in [1.807, 2.05) is 6.07 Å². The van der Waals surface area contributed by atoms with Gasteiger partial charge >= 0.3 is 0 Å². The van der Waals surface area contributed by atoms with Gasteiger partial charge in [0.05, 0.1) is 6.54 Å². The SMILES string of the molecule is I.NC(=NCCN1CCCCC1)NCCc1ccccc1. The van der Waals surface area contributed by atoms with Crippen LogP contribution >= 0.6 is 24.0 Å². The summed E-state index contributed by atoms with van der Waals surface area (Å²) in [6, 6.07) is 10.4. The number of aliphatic imine (C=N–C) groups is 1. The Morgan fingerprint density at radius 2 is 1.86 bits per heavy atom. The third-order valence-corrected chi connectivity index (χ3v) is 3.71. The van der Waals surface area contributed by atoms with Gasteiger partial charge in [-0.2, -0.15) is 0 Å². The van der Waals surface area contributed by atoms with Crippen LogP contribution in [0.5, 0.6) is 0 Å². The van der Waals surface area contributed by atoms with E-state index in [2.05, 4.69) is 39.5 Å². The zero-order chi connectivity index (χ0) is 14.0. The van der Waals surface area contributed by atoms with Gasteiger partial charge in [0, 0.05) is 13.1 Å². The monoisotopic (exact) mass is 402 g/mol. The summed E-state index contributed by atoms with van der Waals surface area (Å²) < 4.78 is 0. The second kappa shape index (κ2) is 10.8. The number of likely N-dealkylation sites (tertiary alicyclic amines) is 1. The second-order valence-corrected chi connectivity index (χ2v) is 5.33. The zero-order valence-electron chi connectivity index (χ0n) is 12.6. The average Bonchev–Trinajstić information content (AvgIpc) is 2.49. The van der Waals surface area contributed by atoms with Crippen LogP contribution in [-0.4, -0.2) is 43.6 Å². The van der Waals surface area contributed by atoms with E-state index in [9.17, 15) is 0 Å². The summed E-state index contributed by atoms with van der Waals surface area (Å²) in [6.07, 6.45) is 5.01. The average molecular weight is 402 g/mol. The normalized spacial score (nSPS) is 16.3. The predicted molar refractivity (Wildman–Crippen MR) is 100 cm³/mol. The molecule has 1 aliphatic heterocycles. The van der Waals surface area contributed by atoms with E-state index >= 15 is 0 Å². The minimum absolute atomic E-state index is 0. The van der Waals surface area contributed by atoms with Crippen LogP contribution in [0.4, 0.5) is 0 Å². The molecule has 0 aliphatic carbocycles. The van der Waals surface area contributed by atoms with Crippen molar-refractivity contribution in [3.8, 4) is 0 Å². The van der Waals surface area contributed by atoms with E-state index in [4.69, 9.17) is 5.73 Å². The zero-order valence-corrected chi connectivity index (χ0v) is 15.0. The molecule has 21 heavy (non-hydrogen) atoms. The third kappa shape index (κ3) is 7.66. The van der Waals surface area contributed by atoms with Crippen LogP contribution in [0, 0.1) is 0 Å². The highest BCUT2D eigenvalue weighted by molar-refractivity contribution is 14.0. The molecule has 0 amide bonds. The number of nitrogens with zero attached hydrogens (tertiary/aromatic N) is 2. The van der Waals surface area contributed by atoms with Gasteiger partial charge in [0.25, 0.3) is 0 Å². The molecule has 1 aromatic carbocycles. The summed E-state index contributed by atoms with van der Waals surface area (Å²) in [5.41, 5.74) is 7.19. The minimum atomic E-state index is 0. The Balaban J connectivity index is 0.00000220. The Bertz CT molecular complexity index is 402. The van der Waals surface area contributed by atoms with Crippen LogP contribution in [0.15, 0.2) is 35.3 Å². The molecule has 0 atom stereocenters. The van der Waals surface area contributed by atoms with Crippen molar-refractivity contribution < 1.29 is 0 Å². The molecule has 0 aromatic heterocycles. The molecule has 1 heterocycles. The first-order valence-electron chi connectivity index (χ1n) is 7.64. The Kier molecular flexibility index (Phi) is 9.41. The number of hydrogen-bond acceptors (Lipinski definition) is 2. The molecular formula is C16H27IN4. The largest absolute Gasteiger partial charge is 0.370 e. The first-order valence-corrected chi connectivity index (χ1v) is 7.64. The van der Waals surface area contributed by atoms with Crippen molar-refractivity contribution in [2.75, 3.05) is 32.7 Å². The molecule has 0 radical (unpaired) electrons. The summed E-state index contributed by atoms with van der Waals surface area (Å²) >= 11 is 0. The summed E-state index contributed by atoms with van der Waals surface area (Å²) in [4.78, 5) is 6.87. The van der Waals surface area contributed by atoms with Gasteiger partial charge in [0.2, 0.25) is 0 Å². The number of benzene rings is 1. The molecule has 1 fully saturated rings. The Morgan fingerprint density at radius 1 is 1.14 bits per heavy atom. The van der Waals surface area contributed by atoms with E-state index in [1.165, 1.54) is 37.9 Å². The fraction of sp³-hybridized carbons (Fsp3) is 0.562. The number of hydrogen-bond donors (Lipinski definition) is 2. The van der Waals surface area contributed by atoms with Crippen molar-refractivity contribution in [3.63, 3.8) is 0 Å². The standard InChI is InChI=1S/C16H26N4.HI/c17-16(18-10-9-15-7-3-1-4-8-15)19-11-14-20-12-5-2-6-13-20;/h1,3-4,7-8H,2,5-6,9-14H2,(H3,17,18,19);1H. The van der Waals surface area contributed by atoms with E-state index in [1.54, 1.807) is 0 Å². The lowest BCUT2D eigenvalue weighted by atomic mass is 10.1. The maximum Gasteiger partial charge on any atom is 0.188 e. The van der Waals surface area contributed by atoms with Gasteiger partial charge in [0.1, 0.15) is 0 Å².